The third-order valence-electron chi connectivity index (χ3n) is 4.77. The second kappa shape index (κ2) is 5.26. The second-order valence-electron chi connectivity index (χ2n) is 5.96. The number of benzene rings is 1. The standard InChI is InChI=1S/C17H22O/c18-17(11-10-13-6-2-1-3-7-13)16-12-14-8-4-5-9-15(14)16/h4-5,8-9,13,16H,1-3,6-7,10-12H2. The van der Waals surface area contributed by atoms with Crippen LogP contribution in [0.5, 0.6) is 0 Å². The van der Waals surface area contributed by atoms with Gasteiger partial charge in [0.15, 0.2) is 0 Å². The van der Waals surface area contributed by atoms with Gasteiger partial charge in [0.1, 0.15) is 5.78 Å². The summed E-state index contributed by atoms with van der Waals surface area (Å²) < 4.78 is 0. The Kier molecular flexibility index (Phi) is 3.49. The monoisotopic (exact) mass is 242 g/mol. The van der Waals surface area contributed by atoms with Gasteiger partial charge in [0, 0.05) is 12.3 Å². The molecule has 0 heterocycles. The minimum Gasteiger partial charge on any atom is -0.299 e. The number of hydrogen-bond donors (Lipinski definition) is 0. The van der Waals surface area contributed by atoms with Crippen LogP contribution < -0.4 is 0 Å². The summed E-state index contributed by atoms with van der Waals surface area (Å²) in [5.41, 5.74) is 2.68. The van der Waals surface area contributed by atoms with Gasteiger partial charge in [-0.2, -0.15) is 0 Å². The fourth-order valence-electron chi connectivity index (χ4n) is 3.54. The highest BCUT2D eigenvalue weighted by molar-refractivity contribution is 5.88. The molecule has 3 rings (SSSR count). The fraction of sp³-hybridized carbons (Fsp3) is 0.588. The largest absolute Gasteiger partial charge is 0.299 e. The smallest absolute Gasteiger partial charge is 0.140 e. The highest BCUT2D eigenvalue weighted by atomic mass is 16.1. The van der Waals surface area contributed by atoms with Crippen molar-refractivity contribution in [2.45, 2.75) is 57.3 Å². The molecule has 1 aromatic carbocycles. The van der Waals surface area contributed by atoms with E-state index >= 15 is 0 Å². The zero-order valence-corrected chi connectivity index (χ0v) is 11.0. The van der Waals surface area contributed by atoms with E-state index in [2.05, 4.69) is 24.3 Å². The minimum absolute atomic E-state index is 0.227. The van der Waals surface area contributed by atoms with Crippen LogP contribution in [0.2, 0.25) is 0 Å². The Morgan fingerprint density at radius 1 is 1.11 bits per heavy atom. The lowest BCUT2D eigenvalue weighted by atomic mass is 9.73. The van der Waals surface area contributed by atoms with Crippen molar-refractivity contribution in [1.29, 1.82) is 0 Å². The predicted octanol–water partition coefficient (Wildman–Crippen LogP) is 4.26. The summed E-state index contributed by atoms with van der Waals surface area (Å²) in [7, 11) is 0. The maximum absolute atomic E-state index is 12.2. The third-order valence-corrected chi connectivity index (χ3v) is 4.77. The minimum atomic E-state index is 0.227. The summed E-state index contributed by atoms with van der Waals surface area (Å²) in [5.74, 6) is 1.54. The number of carbonyl (C=O) groups excluding carboxylic acids is 1. The van der Waals surface area contributed by atoms with Crippen molar-refractivity contribution in [3.8, 4) is 0 Å². The van der Waals surface area contributed by atoms with Gasteiger partial charge in [0.05, 0.1) is 0 Å². The van der Waals surface area contributed by atoms with E-state index in [0.29, 0.717) is 5.78 Å². The van der Waals surface area contributed by atoms with Crippen LogP contribution in [0.15, 0.2) is 24.3 Å². The molecule has 1 unspecified atom stereocenters. The number of hydrogen-bond acceptors (Lipinski definition) is 1. The van der Waals surface area contributed by atoms with Gasteiger partial charge in [-0.3, -0.25) is 4.79 Å². The zero-order chi connectivity index (χ0) is 12.4. The average Bonchev–Trinajstić information content (AvgIpc) is 2.39. The number of ketones is 1. The quantitative estimate of drug-likeness (QED) is 0.771. The molecule has 0 bridgehead atoms. The van der Waals surface area contributed by atoms with Crippen molar-refractivity contribution in [2.24, 2.45) is 5.92 Å². The van der Waals surface area contributed by atoms with E-state index in [4.69, 9.17) is 0 Å². The first-order valence-corrected chi connectivity index (χ1v) is 7.45. The van der Waals surface area contributed by atoms with Crippen molar-refractivity contribution in [1.82, 2.24) is 0 Å². The summed E-state index contributed by atoms with van der Waals surface area (Å²) in [6.07, 6.45) is 9.81. The molecule has 0 saturated heterocycles. The highest BCUT2D eigenvalue weighted by Crippen LogP contribution is 2.37. The predicted molar refractivity (Wildman–Crippen MR) is 73.7 cm³/mol. The Hall–Kier alpha value is -1.11. The summed E-state index contributed by atoms with van der Waals surface area (Å²) in [6, 6.07) is 8.41. The lowest BCUT2D eigenvalue weighted by molar-refractivity contribution is -0.121. The highest BCUT2D eigenvalue weighted by Gasteiger charge is 2.31. The van der Waals surface area contributed by atoms with Gasteiger partial charge in [-0.15, -0.1) is 0 Å². The first-order chi connectivity index (χ1) is 8.84. The Balaban J connectivity index is 1.51. The Labute approximate surface area is 110 Å². The molecule has 1 saturated carbocycles. The van der Waals surface area contributed by atoms with Crippen LogP contribution in [-0.2, 0) is 11.2 Å². The van der Waals surface area contributed by atoms with Crippen LogP contribution in [0.1, 0.15) is 62.0 Å². The van der Waals surface area contributed by atoms with Crippen molar-refractivity contribution < 1.29 is 4.79 Å². The molecule has 0 aromatic heterocycles. The lowest BCUT2D eigenvalue weighted by Crippen LogP contribution is -2.25. The normalized spacial score (nSPS) is 23.2. The molecule has 2 aliphatic carbocycles. The maximum Gasteiger partial charge on any atom is 0.140 e. The van der Waals surface area contributed by atoms with Crippen LogP contribution in [0.25, 0.3) is 0 Å². The SMILES string of the molecule is O=C(CCC1CCCCC1)C1Cc2ccccc21. The number of fused-ring (bicyclic) bond motifs is 1. The van der Waals surface area contributed by atoms with Crippen LogP contribution in [0, 0.1) is 5.92 Å². The van der Waals surface area contributed by atoms with E-state index in [9.17, 15) is 4.79 Å². The van der Waals surface area contributed by atoms with Crippen LogP contribution in [0.4, 0.5) is 0 Å². The Morgan fingerprint density at radius 3 is 2.67 bits per heavy atom. The summed E-state index contributed by atoms with van der Waals surface area (Å²) in [6.45, 7) is 0. The van der Waals surface area contributed by atoms with Gasteiger partial charge in [-0.05, 0) is 29.9 Å². The maximum atomic E-state index is 12.2. The van der Waals surface area contributed by atoms with Crippen LogP contribution in [0.3, 0.4) is 0 Å². The van der Waals surface area contributed by atoms with E-state index in [1.165, 1.54) is 43.2 Å². The molecule has 0 spiro atoms. The zero-order valence-electron chi connectivity index (χ0n) is 11.0. The molecule has 1 fully saturated rings. The topological polar surface area (TPSA) is 17.1 Å². The van der Waals surface area contributed by atoms with Gasteiger partial charge < -0.3 is 0 Å². The summed E-state index contributed by atoms with van der Waals surface area (Å²) in [4.78, 5) is 12.2. The van der Waals surface area contributed by atoms with Crippen molar-refractivity contribution in [3.05, 3.63) is 35.4 Å². The van der Waals surface area contributed by atoms with Gasteiger partial charge >= 0.3 is 0 Å². The van der Waals surface area contributed by atoms with Crippen molar-refractivity contribution in [2.75, 3.05) is 0 Å². The van der Waals surface area contributed by atoms with E-state index < -0.39 is 0 Å². The van der Waals surface area contributed by atoms with Gasteiger partial charge in [-0.25, -0.2) is 0 Å². The molecule has 0 N–H and O–H groups in total. The molecule has 0 amide bonds. The molecular formula is C17H22O. The molecular weight excluding hydrogens is 220 g/mol. The van der Waals surface area contributed by atoms with Gasteiger partial charge in [0.2, 0.25) is 0 Å². The van der Waals surface area contributed by atoms with E-state index in [0.717, 1.165) is 25.2 Å². The second-order valence-corrected chi connectivity index (χ2v) is 5.96. The molecule has 0 aliphatic heterocycles. The molecule has 18 heavy (non-hydrogen) atoms. The van der Waals surface area contributed by atoms with Gasteiger partial charge in [0.25, 0.3) is 0 Å². The molecule has 1 heteroatoms. The molecule has 1 aromatic rings. The van der Waals surface area contributed by atoms with Crippen LogP contribution >= 0.6 is 0 Å². The lowest BCUT2D eigenvalue weighted by Gasteiger charge is -2.29. The van der Waals surface area contributed by atoms with E-state index in [1.807, 2.05) is 0 Å². The number of carbonyl (C=O) groups is 1. The molecule has 1 atom stereocenters. The third kappa shape index (κ3) is 2.36. The Morgan fingerprint density at radius 2 is 1.89 bits per heavy atom. The van der Waals surface area contributed by atoms with Crippen molar-refractivity contribution in [3.63, 3.8) is 0 Å². The van der Waals surface area contributed by atoms with Gasteiger partial charge in [-0.1, -0.05) is 56.4 Å². The first-order valence-electron chi connectivity index (χ1n) is 7.45. The van der Waals surface area contributed by atoms with E-state index in [-0.39, 0.29) is 5.92 Å². The molecule has 2 aliphatic rings. The number of Topliss-reactive ketones (excluding diaryl/α,β-unsaturated/α-hetero) is 1. The average molecular weight is 242 g/mol. The molecule has 0 radical (unpaired) electrons. The molecule has 1 nitrogen and oxygen atoms in total. The molecule has 96 valence electrons. The van der Waals surface area contributed by atoms with Crippen LogP contribution in [-0.4, -0.2) is 5.78 Å². The number of rotatable bonds is 4. The Bertz CT molecular complexity index is 429. The van der Waals surface area contributed by atoms with E-state index in [1.54, 1.807) is 0 Å². The first kappa shape index (κ1) is 12.0. The van der Waals surface area contributed by atoms with Crippen molar-refractivity contribution >= 4 is 5.78 Å². The summed E-state index contributed by atoms with van der Waals surface area (Å²) >= 11 is 0. The fourth-order valence-corrected chi connectivity index (χ4v) is 3.54. The summed E-state index contributed by atoms with van der Waals surface area (Å²) in [5, 5.41) is 0.